The number of nitrogens with zero attached hydrogens (tertiary/aromatic N) is 4. The van der Waals surface area contributed by atoms with Gasteiger partial charge < -0.3 is 9.88 Å². The van der Waals surface area contributed by atoms with E-state index in [0.717, 1.165) is 24.8 Å². The number of para-hydroxylation sites is 1. The molecule has 178 valence electrons. The molecule has 0 bridgehead atoms. The smallest absolute Gasteiger partial charge is 0.243 e. The highest BCUT2D eigenvalue weighted by atomic mass is 32.2. The molecule has 1 aromatic heterocycles. The fraction of sp³-hybridized carbons (Fsp3) is 0.375. The van der Waals surface area contributed by atoms with Crippen LogP contribution in [0.5, 0.6) is 0 Å². The Morgan fingerprint density at radius 3 is 2.65 bits per heavy atom. The van der Waals surface area contributed by atoms with Crippen molar-refractivity contribution < 1.29 is 13.2 Å². The van der Waals surface area contributed by atoms with Crippen LogP contribution in [-0.4, -0.2) is 46.5 Å². The predicted molar refractivity (Wildman–Crippen MR) is 133 cm³/mol. The summed E-state index contributed by atoms with van der Waals surface area (Å²) in [7, 11) is -3.55. The van der Waals surface area contributed by atoms with E-state index in [9.17, 15) is 18.5 Å². The average molecular weight is 498 g/mol. The number of fused-ring (bicyclic) bond motifs is 1. The fourth-order valence-corrected chi connectivity index (χ4v) is 6.56. The largest absolute Gasteiger partial charge is 0.324 e. The summed E-state index contributed by atoms with van der Waals surface area (Å²) in [5.41, 5.74) is 2.28. The molecule has 8 nitrogen and oxygen atoms in total. The van der Waals surface area contributed by atoms with Gasteiger partial charge in [0.05, 0.1) is 32.4 Å². The summed E-state index contributed by atoms with van der Waals surface area (Å²) in [4.78, 5) is 17.7. The van der Waals surface area contributed by atoms with Gasteiger partial charge in [0.2, 0.25) is 15.9 Å². The maximum atomic E-state index is 13.1. The number of nitrogens with one attached hydrogen (secondary N) is 1. The van der Waals surface area contributed by atoms with E-state index >= 15 is 0 Å². The lowest BCUT2D eigenvalue weighted by atomic mass is 10.2. The molecule has 1 saturated heterocycles. The number of sulfonamides is 1. The van der Waals surface area contributed by atoms with Crippen molar-refractivity contribution in [1.82, 2.24) is 13.9 Å². The molecule has 0 spiro atoms. The van der Waals surface area contributed by atoms with Crippen LogP contribution in [0.1, 0.15) is 38.7 Å². The highest BCUT2D eigenvalue weighted by molar-refractivity contribution is 8.00. The number of anilines is 1. The number of piperidine rings is 1. The first-order valence-corrected chi connectivity index (χ1v) is 13.6. The molecule has 1 N–H and O–H groups in total. The zero-order valence-corrected chi connectivity index (χ0v) is 20.8. The second-order valence-electron chi connectivity index (χ2n) is 8.16. The first kappa shape index (κ1) is 24.3. The molecule has 0 radical (unpaired) electrons. The Morgan fingerprint density at radius 2 is 1.94 bits per heavy atom. The minimum absolute atomic E-state index is 0.240. The molecule has 1 unspecified atom stereocenters. The minimum Gasteiger partial charge on any atom is -0.324 e. The molecule has 10 heteroatoms. The molecular formula is C24H27N5O3S2. The molecule has 2 aromatic carbocycles. The quantitative estimate of drug-likeness (QED) is 0.490. The number of rotatable bonds is 7. The molecule has 1 amide bonds. The normalized spacial score (nSPS) is 15.7. The van der Waals surface area contributed by atoms with Crippen LogP contribution >= 0.6 is 11.8 Å². The molecule has 4 rings (SSSR count). The number of amides is 1. The van der Waals surface area contributed by atoms with Crippen molar-refractivity contribution in [3.8, 4) is 6.07 Å². The Bertz CT molecular complexity index is 1350. The van der Waals surface area contributed by atoms with Gasteiger partial charge in [-0.2, -0.15) is 9.57 Å². The van der Waals surface area contributed by atoms with E-state index < -0.39 is 15.3 Å². The Balaban J connectivity index is 1.57. The third-order valence-electron chi connectivity index (χ3n) is 5.91. The van der Waals surface area contributed by atoms with Crippen LogP contribution in [-0.2, 0) is 21.4 Å². The number of aromatic nitrogens is 2. The standard InChI is InChI=1S/C24H27N5O3S2/c1-3-29-22-12-11-19(34(31,32)28-13-7-4-8-14-28)15-21(22)27-24(29)33-17(2)23(30)26-20-10-6-5-9-18(20)16-25/h5-6,9-12,15,17H,3-4,7-8,13-14H2,1-2H3,(H,26,30). The van der Waals surface area contributed by atoms with Gasteiger partial charge in [-0.1, -0.05) is 30.3 Å². The monoisotopic (exact) mass is 497 g/mol. The van der Waals surface area contributed by atoms with Gasteiger partial charge >= 0.3 is 0 Å². The van der Waals surface area contributed by atoms with Crippen molar-refractivity contribution in [1.29, 1.82) is 5.26 Å². The van der Waals surface area contributed by atoms with Gasteiger partial charge in [0.15, 0.2) is 5.16 Å². The van der Waals surface area contributed by atoms with E-state index in [-0.39, 0.29) is 10.8 Å². The maximum Gasteiger partial charge on any atom is 0.243 e. The summed E-state index contributed by atoms with van der Waals surface area (Å²) in [6, 6.07) is 14.0. The van der Waals surface area contributed by atoms with E-state index in [0.29, 0.717) is 41.6 Å². The van der Waals surface area contributed by atoms with Crippen molar-refractivity contribution in [3.63, 3.8) is 0 Å². The molecule has 1 fully saturated rings. The highest BCUT2D eigenvalue weighted by Crippen LogP contribution is 2.30. The van der Waals surface area contributed by atoms with Gasteiger partial charge in [0.25, 0.3) is 0 Å². The van der Waals surface area contributed by atoms with Gasteiger partial charge in [0.1, 0.15) is 6.07 Å². The van der Waals surface area contributed by atoms with Crippen molar-refractivity contribution in [2.24, 2.45) is 0 Å². The van der Waals surface area contributed by atoms with E-state index in [1.807, 2.05) is 11.5 Å². The Labute approximate surface area is 204 Å². The molecule has 2 heterocycles. The van der Waals surface area contributed by atoms with Crippen molar-refractivity contribution in [2.75, 3.05) is 18.4 Å². The number of imidazole rings is 1. The number of nitriles is 1. The number of benzene rings is 2. The summed E-state index contributed by atoms with van der Waals surface area (Å²) in [5.74, 6) is -0.240. The zero-order chi connectivity index (χ0) is 24.3. The average Bonchev–Trinajstić information content (AvgIpc) is 3.20. The number of aryl methyl sites for hydroxylation is 1. The summed E-state index contributed by atoms with van der Waals surface area (Å²) in [6.45, 7) is 5.49. The van der Waals surface area contributed by atoms with Crippen LogP contribution in [0.25, 0.3) is 11.0 Å². The second-order valence-corrected chi connectivity index (χ2v) is 11.4. The molecule has 0 aliphatic carbocycles. The summed E-state index contributed by atoms with van der Waals surface area (Å²) >= 11 is 1.30. The van der Waals surface area contributed by atoms with E-state index in [4.69, 9.17) is 0 Å². The molecule has 1 atom stereocenters. The minimum atomic E-state index is -3.55. The van der Waals surface area contributed by atoms with Crippen LogP contribution in [0.2, 0.25) is 0 Å². The molecule has 3 aromatic rings. The SMILES string of the molecule is CCn1c(SC(C)C(=O)Nc2ccccc2C#N)nc2cc(S(=O)(=O)N3CCCCC3)ccc21. The zero-order valence-electron chi connectivity index (χ0n) is 19.2. The topological polar surface area (TPSA) is 108 Å². The molecular weight excluding hydrogens is 470 g/mol. The Kier molecular flexibility index (Phi) is 7.26. The molecule has 34 heavy (non-hydrogen) atoms. The summed E-state index contributed by atoms with van der Waals surface area (Å²) < 4.78 is 29.7. The van der Waals surface area contributed by atoms with Gasteiger partial charge in [-0.25, -0.2) is 13.4 Å². The maximum absolute atomic E-state index is 13.1. The first-order valence-electron chi connectivity index (χ1n) is 11.3. The van der Waals surface area contributed by atoms with Crippen molar-refractivity contribution >= 4 is 44.4 Å². The Morgan fingerprint density at radius 1 is 1.21 bits per heavy atom. The molecule has 0 saturated carbocycles. The second kappa shape index (κ2) is 10.2. The van der Waals surface area contributed by atoms with Crippen LogP contribution in [0, 0.1) is 11.3 Å². The number of carbonyl (C=O) groups is 1. The number of hydrogen-bond acceptors (Lipinski definition) is 6. The van der Waals surface area contributed by atoms with E-state index in [1.165, 1.54) is 11.8 Å². The highest BCUT2D eigenvalue weighted by Gasteiger charge is 2.27. The molecule has 1 aliphatic heterocycles. The van der Waals surface area contributed by atoms with E-state index in [2.05, 4.69) is 16.4 Å². The predicted octanol–water partition coefficient (Wildman–Crippen LogP) is 4.22. The lowest BCUT2D eigenvalue weighted by Crippen LogP contribution is -2.35. The Hall–Kier alpha value is -2.87. The lowest BCUT2D eigenvalue weighted by molar-refractivity contribution is -0.115. The summed E-state index contributed by atoms with van der Waals surface area (Å²) in [5, 5.41) is 12.2. The van der Waals surface area contributed by atoms with Crippen LogP contribution < -0.4 is 5.32 Å². The number of thioether (sulfide) groups is 1. The lowest BCUT2D eigenvalue weighted by Gasteiger charge is -2.25. The van der Waals surface area contributed by atoms with Gasteiger partial charge in [0, 0.05) is 19.6 Å². The number of carbonyl (C=O) groups excluding carboxylic acids is 1. The molecule has 1 aliphatic rings. The van der Waals surface area contributed by atoms with Crippen LogP contribution in [0.4, 0.5) is 5.69 Å². The summed E-state index contributed by atoms with van der Waals surface area (Å²) in [6.07, 6.45) is 2.82. The number of hydrogen-bond donors (Lipinski definition) is 1. The van der Waals surface area contributed by atoms with Crippen molar-refractivity contribution in [3.05, 3.63) is 48.0 Å². The van der Waals surface area contributed by atoms with Gasteiger partial charge in [-0.05, 0) is 57.0 Å². The van der Waals surface area contributed by atoms with Crippen LogP contribution in [0.15, 0.2) is 52.5 Å². The van der Waals surface area contributed by atoms with Crippen LogP contribution in [0.3, 0.4) is 0 Å². The third kappa shape index (κ3) is 4.82. The van der Waals surface area contributed by atoms with Gasteiger partial charge in [-0.15, -0.1) is 0 Å². The van der Waals surface area contributed by atoms with E-state index in [1.54, 1.807) is 53.7 Å². The third-order valence-corrected chi connectivity index (χ3v) is 8.90. The van der Waals surface area contributed by atoms with Crippen molar-refractivity contribution in [2.45, 2.75) is 55.0 Å². The first-order chi connectivity index (χ1) is 16.3. The fourth-order valence-electron chi connectivity index (χ4n) is 4.03. The van der Waals surface area contributed by atoms with Gasteiger partial charge in [-0.3, -0.25) is 4.79 Å².